The molecule has 8 nitrogen and oxygen atoms in total. The Bertz CT molecular complexity index is 1170. The summed E-state index contributed by atoms with van der Waals surface area (Å²) in [5, 5.41) is 22.2. The van der Waals surface area contributed by atoms with Crippen molar-refractivity contribution in [3.63, 3.8) is 0 Å². The van der Waals surface area contributed by atoms with Crippen molar-refractivity contribution in [3.8, 4) is 6.07 Å². The summed E-state index contributed by atoms with van der Waals surface area (Å²) in [6.07, 6.45) is 2.19. The van der Waals surface area contributed by atoms with Gasteiger partial charge in [-0.05, 0) is 26.0 Å². The van der Waals surface area contributed by atoms with Gasteiger partial charge in [-0.2, -0.15) is 9.65 Å². The number of nitrogens with one attached hydrogen (secondary N) is 2. The molecule has 0 unspecified atom stereocenters. The van der Waals surface area contributed by atoms with Gasteiger partial charge in [-0.3, -0.25) is 9.40 Å². The number of sulfonamides is 1. The summed E-state index contributed by atoms with van der Waals surface area (Å²) < 4.78 is 56.3. The first kappa shape index (κ1) is 18.8. The van der Waals surface area contributed by atoms with Crippen molar-refractivity contribution in [2.45, 2.75) is 30.9 Å². The first-order valence-electron chi connectivity index (χ1n) is 7.70. The van der Waals surface area contributed by atoms with Gasteiger partial charge in [-0.1, -0.05) is 0 Å². The van der Waals surface area contributed by atoms with Crippen LogP contribution < -0.4 is 4.72 Å². The lowest BCUT2D eigenvalue weighted by atomic mass is 10.1. The van der Waals surface area contributed by atoms with Crippen molar-refractivity contribution in [1.29, 1.82) is 5.26 Å². The third-order valence-corrected chi connectivity index (χ3v) is 5.02. The zero-order valence-corrected chi connectivity index (χ0v) is 15.1. The summed E-state index contributed by atoms with van der Waals surface area (Å²) >= 11 is 0. The topological polar surface area (TPSA) is 124 Å². The number of benzene rings is 1. The molecule has 0 fully saturated rings. The quantitative estimate of drug-likeness (QED) is 0.610. The lowest BCUT2D eigenvalue weighted by molar-refractivity contribution is 0.0572. The van der Waals surface area contributed by atoms with E-state index in [1.165, 1.54) is 20.0 Å². The highest BCUT2D eigenvalue weighted by molar-refractivity contribution is 7.92. The van der Waals surface area contributed by atoms with E-state index in [4.69, 9.17) is 5.26 Å². The molecule has 1 aromatic carbocycles. The number of aliphatic hydroxyl groups is 1. The van der Waals surface area contributed by atoms with Crippen LogP contribution in [0.5, 0.6) is 0 Å². The number of anilines is 1. The molecule has 0 amide bonds. The second-order valence-corrected chi connectivity index (χ2v) is 8.21. The summed E-state index contributed by atoms with van der Waals surface area (Å²) in [7, 11) is -4.40. The van der Waals surface area contributed by atoms with E-state index in [-0.39, 0.29) is 28.7 Å². The number of hydrogen-bond donors (Lipinski definition) is 3. The van der Waals surface area contributed by atoms with Gasteiger partial charge < -0.3 is 10.1 Å². The van der Waals surface area contributed by atoms with Gasteiger partial charge in [-0.25, -0.2) is 12.8 Å². The third-order valence-electron chi connectivity index (χ3n) is 3.67. The molecule has 3 aromatic rings. The van der Waals surface area contributed by atoms with E-state index in [9.17, 15) is 22.3 Å². The molecule has 2 heterocycles. The number of aromatic amines is 1. The second kappa shape index (κ2) is 6.33. The van der Waals surface area contributed by atoms with E-state index in [0.717, 1.165) is 23.0 Å². The average molecular weight is 395 g/mol. The molecule has 0 saturated carbocycles. The predicted molar refractivity (Wildman–Crippen MR) is 92.3 cm³/mol. The summed E-state index contributed by atoms with van der Waals surface area (Å²) in [5.41, 5.74) is -1.22. The second-order valence-electron chi connectivity index (χ2n) is 6.56. The molecule has 27 heavy (non-hydrogen) atoms. The normalized spacial score (nSPS) is 12.3. The minimum atomic E-state index is -4.40. The van der Waals surface area contributed by atoms with Gasteiger partial charge >= 0.3 is 0 Å². The fourth-order valence-corrected chi connectivity index (χ4v) is 3.71. The Kier molecular flexibility index (Phi) is 4.41. The number of nitrogens with zero attached hydrogens (tertiary/aromatic N) is 3. The van der Waals surface area contributed by atoms with Crippen molar-refractivity contribution in [3.05, 3.63) is 41.9 Å². The summed E-state index contributed by atoms with van der Waals surface area (Å²) in [4.78, 5) is 1.91. The third kappa shape index (κ3) is 3.62. The molecule has 0 saturated heterocycles. The molecule has 3 N–H and O–H groups in total. The zero-order chi connectivity index (χ0) is 20.0. The molecular weight excluding hydrogens is 380 g/mol. The Morgan fingerprint density at radius 1 is 1.41 bits per heavy atom. The van der Waals surface area contributed by atoms with Crippen LogP contribution in [0.2, 0.25) is 0 Å². The number of H-pyrrole nitrogens is 1. The minimum absolute atomic E-state index is 0.00715. The predicted octanol–water partition coefficient (Wildman–Crippen LogP) is 2.09. The number of aromatic nitrogens is 3. The lowest BCUT2D eigenvalue weighted by Gasteiger charge is -2.16. The van der Waals surface area contributed by atoms with Crippen LogP contribution in [0, 0.1) is 23.1 Å². The Morgan fingerprint density at radius 2 is 2.11 bits per heavy atom. The Labute approximate surface area is 153 Å². The first-order chi connectivity index (χ1) is 12.5. The molecule has 0 aliphatic rings. The Morgan fingerprint density at radius 3 is 2.74 bits per heavy atom. The maximum Gasteiger partial charge on any atom is 0.268 e. The molecule has 0 atom stereocenters. The number of hydrogen-bond acceptors (Lipinski definition) is 5. The molecule has 11 heteroatoms. The van der Waals surface area contributed by atoms with Gasteiger partial charge in [0, 0.05) is 12.4 Å². The van der Waals surface area contributed by atoms with E-state index < -0.39 is 32.3 Å². The highest BCUT2D eigenvalue weighted by Crippen LogP contribution is 2.29. The molecule has 0 aliphatic heterocycles. The zero-order valence-electron chi connectivity index (χ0n) is 14.3. The summed E-state index contributed by atoms with van der Waals surface area (Å²) in [5.74, 6) is -1.94. The maximum absolute atomic E-state index is 14.1. The van der Waals surface area contributed by atoms with E-state index in [2.05, 4.69) is 14.8 Å². The first-order valence-corrected chi connectivity index (χ1v) is 9.18. The maximum atomic E-state index is 14.1. The van der Waals surface area contributed by atoms with E-state index in [0.29, 0.717) is 0 Å². The van der Waals surface area contributed by atoms with Gasteiger partial charge in [0.05, 0.1) is 34.3 Å². The molecule has 0 aliphatic carbocycles. The van der Waals surface area contributed by atoms with Crippen molar-refractivity contribution in [1.82, 2.24) is 14.8 Å². The van der Waals surface area contributed by atoms with Gasteiger partial charge in [-0.15, -0.1) is 5.10 Å². The average Bonchev–Trinajstić information content (AvgIpc) is 3.13. The van der Waals surface area contributed by atoms with Crippen LogP contribution >= 0.6 is 0 Å². The number of fused-ring (bicyclic) bond motifs is 1. The molecule has 0 radical (unpaired) electrons. The van der Waals surface area contributed by atoms with Gasteiger partial charge in [0.2, 0.25) is 0 Å². The standard InChI is InChI=1S/C16H15F2N5O3S/c1-16(2,24)8-23-7-12(15(18)21-23)27(25,26)22-11-4-3-10(17)13-9(5-19)6-20-14(11)13/h3-4,6-7,20,22,24H,8H2,1-2H3. The van der Waals surface area contributed by atoms with Crippen molar-refractivity contribution >= 4 is 26.6 Å². The van der Waals surface area contributed by atoms with Crippen molar-refractivity contribution in [2.75, 3.05) is 4.72 Å². The van der Waals surface area contributed by atoms with E-state index in [1.807, 2.05) is 0 Å². The minimum Gasteiger partial charge on any atom is -0.389 e. The van der Waals surface area contributed by atoms with Crippen molar-refractivity contribution in [2.24, 2.45) is 0 Å². The van der Waals surface area contributed by atoms with Crippen LogP contribution in [0.3, 0.4) is 0 Å². The van der Waals surface area contributed by atoms with Crippen LogP contribution in [0.25, 0.3) is 10.9 Å². The monoisotopic (exact) mass is 395 g/mol. The molecule has 0 bridgehead atoms. The molecule has 142 valence electrons. The van der Waals surface area contributed by atoms with E-state index in [1.54, 1.807) is 6.07 Å². The molecule has 3 rings (SSSR count). The lowest BCUT2D eigenvalue weighted by Crippen LogP contribution is -2.26. The Hall–Kier alpha value is -2.97. The van der Waals surface area contributed by atoms with Crippen LogP contribution in [0.4, 0.5) is 14.5 Å². The largest absolute Gasteiger partial charge is 0.389 e. The SMILES string of the molecule is CC(C)(O)Cn1cc(S(=O)(=O)Nc2ccc(F)c3c(C#N)c[nH]c23)c(F)n1. The van der Waals surface area contributed by atoms with Gasteiger partial charge in [0.25, 0.3) is 16.0 Å². The molecular formula is C16H15F2N5O3S. The van der Waals surface area contributed by atoms with Crippen LogP contribution in [0.15, 0.2) is 29.4 Å². The highest BCUT2D eigenvalue weighted by Gasteiger charge is 2.26. The van der Waals surface area contributed by atoms with Gasteiger partial charge in [0.15, 0.2) is 4.90 Å². The van der Waals surface area contributed by atoms with Gasteiger partial charge in [0.1, 0.15) is 11.9 Å². The smallest absolute Gasteiger partial charge is 0.268 e. The number of rotatable bonds is 5. The number of nitriles is 1. The van der Waals surface area contributed by atoms with Crippen LogP contribution in [-0.4, -0.2) is 33.9 Å². The van der Waals surface area contributed by atoms with Crippen molar-refractivity contribution < 1.29 is 22.3 Å². The van der Waals surface area contributed by atoms with Crippen LogP contribution in [-0.2, 0) is 16.6 Å². The Balaban J connectivity index is 2.01. The fraction of sp³-hybridized carbons (Fsp3) is 0.250. The summed E-state index contributed by atoms with van der Waals surface area (Å²) in [6, 6.07) is 3.96. The fourth-order valence-electron chi connectivity index (χ4n) is 2.62. The number of halogens is 2. The van der Waals surface area contributed by atoms with Crippen LogP contribution in [0.1, 0.15) is 19.4 Å². The summed E-state index contributed by atoms with van der Waals surface area (Å²) in [6.45, 7) is 2.81. The van der Waals surface area contributed by atoms with E-state index >= 15 is 0 Å². The molecule has 0 spiro atoms. The molecule has 2 aromatic heterocycles. The highest BCUT2D eigenvalue weighted by atomic mass is 32.2.